The zero-order valence-corrected chi connectivity index (χ0v) is 14.8. The number of hydrogen-bond donors (Lipinski definition) is 2. The molecule has 0 aliphatic carbocycles. The van der Waals surface area contributed by atoms with Gasteiger partial charge >= 0.3 is 6.18 Å². The number of aromatic amines is 1. The third-order valence-corrected chi connectivity index (χ3v) is 4.40. The van der Waals surface area contributed by atoms with E-state index in [4.69, 9.17) is 4.84 Å². The number of alkyl halides is 3. The molecule has 0 radical (unpaired) electrons. The molecule has 1 aromatic carbocycles. The van der Waals surface area contributed by atoms with Crippen molar-refractivity contribution in [2.45, 2.75) is 25.6 Å². The Bertz CT molecular complexity index is 1120. The predicted octanol–water partition coefficient (Wildman–Crippen LogP) is 3.56. The number of hydrogen-bond acceptors (Lipinski definition) is 5. The number of nitrogens with one attached hydrogen (secondary N) is 2. The summed E-state index contributed by atoms with van der Waals surface area (Å²) in [5.74, 6) is -0.924. The van der Waals surface area contributed by atoms with Gasteiger partial charge < -0.3 is 10.2 Å². The van der Waals surface area contributed by atoms with Crippen molar-refractivity contribution in [2.75, 3.05) is 5.32 Å². The average Bonchev–Trinajstić information content (AvgIpc) is 3.29. The fraction of sp³-hybridized carbons (Fsp3) is 0.222. The second kappa shape index (κ2) is 6.83. The average molecular weight is 407 g/mol. The molecule has 3 heterocycles. The van der Waals surface area contributed by atoms with Crippen LogP contribution in [0.3, 0.4) is 0 Å². The third-order valence-electron chi connectivity index (χ3n) is 4.40. The molecule has 2 aromatic heterocycles. The summed E-state index contributed by atoms with van der Waals surface area (Å²) in [4.78, 5) is 21.2. The molecule has 1 amide bonds. The molecule has 1 atom stereocenters. The zero-order valence-electron chi connectivity index (χ0n) is 14.8. The Morgan fingerprint density at radius 3 is 2.69 bits per heavy atom. The van der Waals surface area contributed by atoms with Gasteiger partial charge in [0.2, 0.25) is 6.10 Å². The van der Waals surface area contributed by atoms with Crippen molar-refractivity contribution >= 4 is 28.5 Å². The van der Waals surface area contributed by atoms with Gasteiger partial charge in [-0.15, -0.1) is 0 Å². The first-order valence-electron chi connectivity index (χ1n) is 8.45. The Hall–Kier alpha value is -3.50. The SMILES string of the molecule is Cc1cc(C(F)(F)F)nc2[nH]nc(NC(=O)C3CC(c4ccc(F)cc4)=NO3)c12. The van der Waals surface area contributed by atoms with Gasteiger partial charge in [0, 0.05) is 6.42 Å². The highest BCUT2D eigenvalue weighted by Crippen LogP contribution is 2.32. The van der Waals surface area contributed by atoms with Crippen LogP contribution in [-0.4, -0.2) is 32.9 Å². The Balaban J connectivity index is 1.51. The molecule has 0 saturated carbocycles. The number of carbonyl (C=O) groups is 1. The lowest BCUT2D eigenvalue weighted by molar-refractivity contribution is -0.141. The van der Waals surface area contributed by atoms with Gasteiger partial charge in [-0.05, 0) is 36.2 Å². The van der Waals surface area contributed by atoms with Gasteiger partial charge in [0.1, 0.15) is 11.5 Å². The van der Waals surface area contributed by atoms with Crippen LogP contribution in [0.25, 0.3) is 11.0 Å². The van der Waals surface area contributed by atoms with Crippen molar-refractivity contribution in [3.63, 3.8) is 0 Å². The van der Waals surface area contributed by atoms with E-state index >= 15 is 0 Å². The van der Waals surface area contributed by atoms with Crippen LogP contribution in [-0.2, 0) is 15.8 Å². The monoisotopic (exact) mass is 407 g/mol. The van der Waals surface area contributed by atoms with Gasteiger partial charge in [-0.1, -0.05) is 17.3 Å². The topological polar surface area (TPSA) is 92.3 Å². The number of carbonyl (C=O) groups excluding carboxylic acids is 1. The maximum atomic E-state index is 13.0. The minimum atomic E-state index is -4.60. The Morgan fingerprint density at radius 2 is 2.00 bits per heavy atom. The van der Waals surface area contributed by atoms with Crippen LogP contribution < -0.4 is 5.32 Å². The molecular formula is C18H13F4N5O2. The first-order chi connectivity index (χ1) is 13.7. The van der Waals surface area contributed by atoms with Crippen LogP contribution >= 0.6 is 0 Å². The molecule has 3 aromatic rings. The number of anilines is 1. The van der Waals surface area contributed by atoms with E-state index < -0.39 is 29.7 Å². The largest absolute Gasteiger partial charge is 0.433 e. The van der Waals surface area contributed by atoms with Crippen molar-refractivity contribution in [2.24, 2.45) is 5.16 Å². The molecule has 1 unspecified atom stereocenters. The number of pyridine rings is 1. The molecule has 150 valence electrons. The molecule has 0 spiro atoms. The number of aryl methyl sites for hydroxylation is 1. The van der Waals surface area contributed by atoms with E-state index in [0.717, 1.165) is 6.07 Å². The summed E-state index contributed by atoms with van der Waals surface area (Å²) in [5, 5.41) is 12.9. The molecular weight excluding hydrogens is 394 g/mol. The molecule has 11 heteroatoms. The van der Waals surface area contributed by atoms with Gasteiger partial charge in [0.05, 0.1) is 11.1 Å². The fourth-order valence-electron chi connectivity index (χ4n) is 2.98. The zero-order chi connectivity index (χ0) is 20.8. The molecule has 0 saturated heterocycles. The number of nitrogens with zero attached hydrogens (tertiary/aromatic N) is 3. The van der Waals surface area contributed by atoms with Crippen LogP contribution in [0.5, 0.6) is 0 Å². The summed E-state index contributed by atoms with van der Waals surface area (Å²) in [6.07, 6.45) is -5.40. The Labute approximate surface area is 160 Å². The predicted molar refractivity (Wildman–Crippen MR) is 94.7 cm³/mol. The minimum absolute atomic E-state index is 0.0440. The quantitative estimate of drug-likeness (QED) is 0.650. The molecule has 0 bridgehead atoms. The highest BCUT2D eigenvalue weighted by Gasteiger charge is 2.34. The molecule has 2 N–H and O–H groups in total. The van der Waals surface area contributed by atoms with Crippen molar-refractivity contribution < 1.29 is 27.2 Å². The number of fused-ring (bicyclic) bond motifs is 1. The summed E-state index contributed by atoms with van der Waals surface area (Å²) in [6, 6.07) is 6.46. The van der Waals surface area contributed by atoms with Crippen LogP contribution in [0.15, 0.2) is 35.5 Å². The van der Waals surface area contributed by atoms with Crippen molar-refractivity contribution in [1.82, 2.24) is 15.2 Å². The van der Waals surface area contributed by atoms with Crippen molar-refractivity contribution in [3.05, 3.63) is 53.0 Å². The number of rotatable bonds is 3. The maximum Gasteiger partial charge on any atom is 0.433 e. The van der Waals surface area contributed by atoms with Gasteiger partial charge in [-0.2, -0.15) is 18.3 Å². The number of H-pyrrole nitrogens is 1. The summed E-state index contributed by atoms with van der Waals surface area (Å²) >= 11 is 0. The number of oxime groups is 1. The maximum absolute atomic E-state index is 13.0. The van der Waals surface area contributed by atoms with E-state index in [9.17, 15) is 22.4 Å². The van der Waals surface area contributed by atoms with Crippen LogP contribution in [0.1, 0.15) is 23.2 Å². The molecule has 29 heavy (non-hydrogen) atoms. The van der Waals surface area contributed by atoms with Crippen molar-refractivity contribution in [3.8, 4) is 0 Å². The van der Waals surface area contributed by atoms with E-state index in [-0.39, 0.29) is 28.8 Å². The van der Waals surface area contributed by atoms with Crippen molar-refractivity contribution in [1.29, 1.82) is 0 Å². The van der Waals surface area contributed by atoms with Gasteiger partial charge in [0.25, 0.3) is 5.91 Å². The van der Waals surface area contributed by atoms with E-state index in [0.29, 0.717) is 11.3 Å². The summed E-state index contributed by atoms with van der Waals surface area (Å²) in [6.45, 7) is 1.46. The summed E-state index contributed by atoms with van der Waals surface area (Å²) < 4.78 is 51.7. The number of aromatic nitrogens is 3. The standard InChI is InChI=1S/C18H13F4N5O2/c1-8-6-13(18(20,21)22)23-15-14(8)16(26-25-15)24-17(28)12-7-11(27-29-12)9-2-4-10(19)5-3-9/h2-6,12H,7H2,1H3,(H2,23,24,25,26,28). The molecule has 7 nitrogen and oxygen atoms in total. The van der Waals surface area contributed by atoms with Crippen LogP contribution in [0.2, 0.25) is 0 Å². The third kappa shape index (κ3) is 3.62. The number of halogens is 4. The molecule has 1 aliphatic rings. The normalized spacial score (nSPS) is 16.6. The Morgan fingerprint density at radius 1 is 1.28 bits per heavy atom. The smallest absolute Gasteiger partial charge is 0.382 e. The first kappa shape index (κ1) is 18.8. The van der Waals surface area contributed by atoms with Crippen LogP contribution in [0.4, 0.5) is 23.4 Å². The van der Waals surface area contributed by atoms with Crippen LogP contribution in [0, 0.1) is 12.7 Å². The lowest BCUT2D eigenvalue weighted by Gasteiger charge is -2.09. The van der Waals surface area contributed by atoms with Gasteiger partial charge in [-0.3, -0.25) is 9.89 Å². The van der Waals surface area contributed by atoms with Gasteiger partial charge in [0.15, 0.2) is 11.5 Å². The second-order valence-corrected chi connectivity index (χ2v) is 6.45. The fourth-order valence-corrected chi connectivity index (χ4v) is 2.98. The molecule has 1 aliphatic heterocycles. The van der Waals surface area contributed by atoms with E-state index in [2.05, 4.69) is 25.7 Å². The highest BCUT2D eigenvalue weighted by molar-refractivity contribution is 6.07. The lowest BCUT2D eigenvalue weighted by Crippen LogP contribution is -2.28. The van der Waals surface area contributed by atoms with Gasteiger partial charge in [-0.25, -0.2) is 9.37 Å². The number of amides is 1. The summed E-state index contributed by atoms with van der Waals surface area (Å²) in [7, 11) is 0. The Kier molecular flexibility index (Phi) is 4.44. The van der Waals surface area contributed by atoms with E-state index in [1.165, 1.54) is 31.2 Å². The lowest BCUT2D eigenvalue weighted by atomic mass is 10.0. The molecule has 0 fully saturated rings. The van der Waals surface area contributed by atoms with E-state index in [1.54, 1.807) is 0 Å². The second-order valence-electron chi connectivity index (χ2n) is 6.45. The highest BCUT2D eigenvalue weighted by atomic mass is 19.4. The molecule has 4 rings (SSSR count). The minimum Gasteiger partial charge on any atom is -0.382 e. The van der Waals surface area contributed by atoms with E-state index in [1.807, 2.05) is 0 Å². The summed E-state index contributed by atoms with van der Waals surface area (Å²) in [5.41, 5.74) is 0.196. The first-order valence-corrected chi connectivity index (χ1v) is 8.45. The number of benzene rings is 1.